The zero-order valence-electron chi connectivity index (χ0n) is 11.6. The van der Waals surface area contributed by atoms with Crippen LogP contribution in [0, 0.1) is 0 Å². The molecule has 1 fully saturated rings. The maximum absolute atomic E-state index is 12.5. The second-order valence-electron chi connectivity index (χ2n) is 5.51. The van der Waals surface area contributed by atoms with Crippen molar-refractivity contribution in [3.63, 3.8) is 0 Å². The predicted octanol–water partition coefficient (Wildman–Crippen LogP) is 3.30. The van der Waals surface area contributed by atoms with Crippen molar-refractivity contribution in [1.29, 1.82) is 0 Å². The van der Waals surface area contributed by atoms with Gasteiger partial charge in [0.05, 0.1) is 15.8 Å². The van der Waals surface area contributed by atoms with Crippen molar-refractivity contribution < 1.29 is 0 Å². The van der Waals surface area contributed by atoms with Gasteiger partial charge in [0, 0.05) is 12.6 Å². The molecule has 1 N–H and O–H groups in total. The molecule has 1 aromatic heterocycles. The highest BCUT2D eigenvalue weighted by Gasteiger charge is 2.20. The van der Waals surface area contributed by atoms with Gasteiger partial charge in [-0.25, -0.2) is 3.96 Å². The first-order valence-corrected chi connectivity index (χ1v) is 8.02. The molecule has 0 amide bonds. The molecule has 3 nitrogen and oxygen atoms in total. The van der Waals surface area contributed by atoms with E-state index in [4.69, 9.17) is 0 Å². The SMILES string of the molecule is O=c1c2ccccc2sn1-c1cccc(CNC2CC2)c1. The monoisotopic (exact) mass is 296 g/mol. The first-order valence-electron chi connectivity index (χ1n) is 7.25. The Bertz CT molecular complexity index is 845. The van der Waals surface area contributed by atoms with Crippen LogP contribution in [0.2, 0.25) is 0 Å². The van der Waals surface area contributed by atoms with Crippen LogP contribution in [-0.4, -0.2) is 10.00 Å². The molecule has 0 bridgehead atoms. The molecule has 1 aliphatic carbocycles. The summed E-state index contributed by atoms with van der Waals surface area (Å²) in [5, 5.41) is 4.30. The smallest absolute Gasteiger partial charge is 0.273 e. The van der Waals surface area contributed by atoms with Gasteiger partial charge in [-0.15, -0.1) is 0 Å². The van der Waals surface area contributed by atoms with Crippen LogP contribution in [0.25, 0.3) is 15.8 Å². The Hall–Kier alpha value is -1.91. The van der Waals surface area contributed by atoms with Crippen molar-refractivity contribution in [2.75, 3.05) is 0 Å². The van der Waals surface area contributed by atoms with Gasteiger partial charge in [0.2, 0.25) is 0 Å². The summed E-state index contributed by atoms with van der Waals surface area (Å²) in [5.74, 6) is 0. The number of nitrogens with one attached hydrogen (secondary N) is 1. The van der Waals surface area contributed by atoms with Crippen molar-refractivity contribution in [1.82, 2.24) is 9.27 Å². The van der Waals surface area contributed by atoms with Crippen molar-refractivity contribution in [3.05, 3.63) is 64.4 Å². The standard InChI is InChI=1S/C17H16N2OS/c20-17-15-6-1-2-7-16(15)21-19(17)14-5-3-4-12(10-14)11-18-13-8-9-13/h1-7,10,13,18H,8-9,11H2. The van der Waals surface area contributed by atoms with Crippen molar-refractivity contribution in [3.8, 4) is 5.69 Å². The minimum Gasteiger partial charge on any atom is -0.310 e. The summed E-state index contributed by atoms with van der Waals surface area (Å²) in [5.41, 5.74) is 2.25. The largest absolute Gasteiger partial charge is 0.310 e. The van der Waals surface area contributed by atoms with E-state index >= 15 is 0 Å². The fourth-order valence-corrected chi connectivity index (χ4v) is 3.47. The summed E-state index contributed by atoms with van der Waals surface area (Å²) < 4.78 is 2.81. The van der Waals surface area contributed by atoms with Crippen LogP contribution in [0.4, 0.5) is 0 Å². The van der Waals surface area contributed by atoms with Crippen LogP contribution in [0.1, 0.15) is 18.4 Å². The fraction of sp³-hybridized carbons (Fsp3) is 0.235. The third-order valence-electron chi connectivity index (χ3n) is 3.81. The third-order valence-corrected chi connectivity index (χ3v) is 4.92. The average molecular weight is 296 g/mol. The van der Waals surface area contributed by atoms with Crippen LogP contribution in [0.15, 0.2) is 53.3 Å². The summed E-state index contributed by atoms with van der Waals surface area (Å²) in [6.45, 7) is 0.873. The topological polar surface area (TPSA) is 34.0 Å². The highest BCUT2D eigenvalue weighted by molar-refractivity contribution is 7.14. The highest BCUT2D eigenvalue weighted by Crippen LogP contribution is 2.22. The number of aromatic nitrogens is 1. The van der Waals surface area contributed by atoms with Gasteiger partial charge in [-0.05, 0) is 42.7 Å². The van der Waals surface area contributed by atoms with E-state index in [9.17, 15) is 4.79 Å². The Balaban J connectivity index is 1.72. The lowest BCUT2D eigenvalue weighted by Crippen LogP contribution is -2.16. The molecule has 4 rings (SSSR count). The van der Waals surface area contributed by atoms with E-state index < -0.39 is 0 Å². The average Bonchev–Trinajstić information content (AvgIpc) is 3.29. The molecule has 0 radical (unpaired) electrons. The zero-order valence-corrected chi connectivity index (χ0v) is 12.4. The molecule has 4 heteroatoms. The van der Waals surface area contributed by atoms with Gasteiger partial charge in [-0.1, -0.05) is 35.8 Å². The maximum atomic E-state index is 12.5. The molecule has 0 spiro atoms. The van der Waals surface area contributed by atoms with Gasteiger partial charge in [-0.3, -0.25) is 4.79 Å². The second-order valence-corrected chi connectivity index (χ2v) is 6.50. The summed E-state index contributed by atoms with van der Waals surface area (Å²) in [6.07, 6.45) is 2.57. The molecule has 2 aromatic carbocycles. The number of hydrogen-bond donors (Lipinski definition) is 1. The number of rotatable bonds is 4. The molecule has 1 aliphatic rings. The van der Waals surface area contributed by atoms with Crippen LogP contribution >= 0.6 is 11.5 Å². The number of fused-ring (bicyclic) bond motifs is 1. The van der Waals surface area contributed by atoms with Gasteiger partial charge in [0.1, 0.15) is 0 Å². The molecule has 0 atom stereocenters. The van der Waals surface area contributed by atoms with E-state index in [1.807, 2.05) is 36.4 Å². The first kappa shape index (κ1) is 12.8. The van der Waals surface area contributed by atoms with Gasteiger partial charge >= 0.3 is 0 Å². The Morgan fingerprint density at radius 3 is 2.81 bits per heavy atom. The quantitative estimate of drug-likeness (QED) is 0.801. The highest BCUT2D eigenvalue weighted by atomic mass is 32.1. The van der Waals surface area contributed by atoms with Gasteiger partial charge in [-0.2, -0.15) is 0 Å². The lowest BCUT2D eigenvalue weighted by Gasteiger charge is -2.06. The van der Waals surface area contributed by atoms with Gasteiger partial charge < -0.3 is 5.32 Å². The molecule has 21 heavy (non-hydrogen) atoms. The Labute approximate surface area is 127 Å². The molecular formula is C17H16N2OS. The van der Waals surface area contributed by atoms with E-state index in [0.717, 1.165) is 22.3 Å². The molecule has 3 aromatic rings. The summed E-state index contributed by atoms with van der Waals surface area (Å²) in [6, 6.07) is 16.7. The lowest BCUT2D eigenvalue weighted by molar-refractivity contribution is 0.687. The van der Waals surface area contributed by atoms with E-state index in [1.54, 1.807) is 3.96 Å². The van der Waals surface area contributed by atoms with E-state index in [-0.39, 0.29) is 5.56 Å². The third kappa shape index (κ3) is 2.52. The normalized spacial score (nSPS) is 14.7. The molecule has 0 unspecified atom stereocenters. The van der Waals surface area contributed by atoms with Gasteiger partial charge in [0.15, 0.2) is 0 Å². The minimum absolute atomic E-state index is 0.0721. The van der Waals surface area contributed by atoms with Crippen molar-refractivity contribution in [2.45, 2.75) is 25.4 Å². The summed E-state index contributed by atoms with van der Waals surface area (Å²) in [4.78, 5) is 12.5. The van der Waals surface area contributed by atoms with Crippen molar-refractivity contribution in [2.24, 2.45) is 0 Å². The molecular weight excluding hydrogens is 280 g/mol. The van der Waals surface area contributed by atoms with Crippen LogP contribution < -0.4 is 10.9 Å². The molecule has 1 heterocycles. The van der Waals surface area contributed by atoms with E-state index in [1.165, 1.54) is 29.9 Å². The minimum atomic E-state index is 0.0721. The summed E-state index contributed by atoms with van der Waals surface area (Å²) >= 11 is 1.51. The first-order chi connectivity index (χ1) is 10.3. The Morgan fingerprint density at radius 2 is 2.00 bits per heavy atom. The maximum Gasteiger partial charge on any atom is 0.273 e. The van der Waals surface area contributed by atoms with E-state index in [0.29, 0.717) is 6.04 Å². The molecule has 1 saturated carbocycles. The number of benzene rings is 2. The fourth-order valence-electron chi connectivity index (χ4n) is 2.48. The molecule has 0 saturated heterocycles. The lowest BCUT2D eigenvalue weighted by atomic mass is 10.2. The molecule has 106 valence electrons. The van der Waals surface area contributed by atoms with Crippen LogP contribution in [-0.2, 0) is 6.54 Å². The van der Waals surface area contributed by atoms with E-state index in [2.05, 4.69) is 17.4 Å². The van der Waals surface area contributed by atoms with Crippen molar-refractivity contribution >= 4 is 21.6 Å². The number of nitrogens with zero attached hydrogens (tertiary/aromatic N) is 1. The predicted molar refractivity (Wildman–Crippen MR) is 87.3 cm³/mol. The van der Waals surface area contributed by atoms with Crippen LogP contribution in [0.5, 0.6) is 0 Å². The number of hydrogen-bond acceptors (Lipinski definition) is 3. The summed E-state index contributed by atoms with van der Waals surface area (Å²) in [7, 11) is 0. The Kier molecular flexibility index (Phi) is 3.13. The molecule has 0 aliphatic heterocycles. The Morgan fingerprint density at radius 1 is 1.14 bits per heavy atom. The zero-order chi connectivity index (χ0) is 14.2. The van der Waals surface area contributed by atoms with Gasteiger partial charge in [0.25, 0.3) is 5.56 Å². The second kappa shape index (κ2) is 5.13. The van der Waals surface area contributed by atoms with Crippen LogP contribution in [0.3, 0.4) is 0 Å².